The van der Waals surface area contributed by atoms with Gasteiger partial charge in [-0.15, -0.1) is 0 Å². The summed E-state index contributed by atoms with van der Waals surface area (Å²) in [6.45, 7) is 0.679. The molecule has 1 aromatic heterocycles. The van der Waals surface area contributed by atoms with E-state index in [4.69, 9.17) is 0 Å². The average Bonchev–Trinajstić information content (AvgIpc) is 2.83. The van der Waals surface area contributed by atoms with Crippen molar-refractivity contribution in [2.45, 2.75) is 38.2 Å². The number of hydrogen-bond acceptors (Lipinski definition) is 2. The van der Waals surface area contributed by atoms with Crippen molar-refractivity contribution >= 4 is 5.91 Å². The first-order valence-corrected chi connectivity index (χ1v) is 6.34. The lowest BCUT2D eigenvalue weighted by Crippen LogP contribution is -2.35. The van der Waals surface area contributed by atoms with Gasteiger partial charge in [0.25, 0.3) is 0 Å². The Balaban J connectivity index is 1.67. The van der Waals surface area contributed by atoms with Gasteiger partial charge in [-0.3, -0.25) is 4.79 Å². The summed E-state index contributed by atoms with van der Waals surface area (Å²) in [6.07, 6.45) is 5.68. The van der Waals surface area contributed by atoms with Crippen LogP contribution in [0.3, 0.4) is 0 Å². The maximum Gasteiger partial charge on any atom is 0.223 e. The summed E-state index contributed by atoms with van der Waals surface area (Å²) in [4.78, 5) is 14.9. The number of nitrogens with one attached hydrogen (secondary N) is 2. The fourth-order valence-electron chi connectivity index (χ4n) is 2.33. The monoisotopic (exact) mass is 236 g/mol. The second-order valence-corrected chi connectivity index (χ2v) is 4.74. The molecule has 1 fully saturated rings. The Labute approximate surface area is 101 Å². The molecular weight excluding hydrogens is 216 g/mol. The molecule has 94 valence electrons. The molecule has 1 aliphatic rings. The number of H-pyrrole nitrogens is 1. The first-order valence-electron chi connectivity index (χ1n) is 6.34. The summed E-state index contributed by atoms with van der Waals surface area (Å²) in [7, 11) is 0. The summed E-state index contributed by atoms with van der Waals surface area (Å²) in [5, 5.41) is 12.3. The lowest BCUT2D eigenvalue weighted by atomic mass is 9.87. The molecule has 1 heterocycles. The Morgan fingerprint density at radius 2 is 2.18 bits per heavy atom. The van der Waals surface area contributed by atoms with Gasteiger partial charge in [-0.05, 0) is 37.8 Å². The third-order valence-corrected chi connectivity index (χ3v) is 3.42. The molecule has 1 aromatic rings. The third-order valence-electron chi connectivity index (χ3n) is 3.42. The molecule has 0 atom stereocenters. The number of amides is 1. The van der Waals surface area contributed by atoms with E-state index in [2.05, 4.69) is 10.3 Å². The normalized spacial score (nSPS) is 24.5. The van der Waals surface area contributed by atoms with Gasteiger partial charge in [0.05, 0.1) is 6.10 Å². The number of rotatable bonds is 4. The Morgan fingerprint density at radius 3 is 2.82 bits per heavy atom. The maximum atomic E-state index is 11.8. The number of carbonyl (C=O) groups excluding carboxylic acids is 1. The maximum absolute atomic E-state index is 11.8. The summed E-state index contributed by atoms with van der Waals surface area (Å²) in [5.74, 6) is 0.241. The SMILES string of the molecule is O=C(NCCc1ccc[nH]1)C1CCC(O)CC1. The molecule has 1 aliphatic carbocycles. The van der Waals surface area contributed by atoms with Gasteiger partial charge in [-0.1, -0.05) is 0 Å². The Morgan fingerprint density at radius 1 is 1.41 bits per heavy atom. The molecule has 0 aromatic carbocycles. The number of aliphatic hydroxyl groups is 1. The van der Waals surface area contributed by atoms with E-state index < -0.39 is 0 Å². The molecule has 17 heavy (non-hydrogen) atoms. The molecular formula is C13H20N2O2. The minimum atomic E-state index is -0.196. The predicted molar refractivity (Wildman–Crippen MR) is 65.5 cm³/mol. The standard InChI is InChI=1S/C13H20N2O2/c16-12-5-3-10(4-6-12)13(17)15-9-7-11-2-1-8-14-11/h1-2,8,10,12,14,16H,3-7,9H2,(H,15,17). The van der Waals surface area contributed by atoms with Gasteiger partial charge >= 0.3 is 0 Å². The molecule has 4 heteroatoms. The smallest absolute Gasteiger partial charge is 0.223 e. The zero-order valence-corrected chi connectivity index (χ0v) is 9.98. The lowest BCUT2D eigenvalue weighted by molar-refractivity contribution is -0.126. The van der Waals surface area contributed by atoms with Crippen LogP contribution in [-0.2, 0) is 11.2 Å². The van der Waals surface area contributed by atoms with Gasteiger partial charge in [0.15, 0.2) is 0 Å². The highest BCUT2D eigenvalue weighted by molar-refractivity contribution is 5.78. The number of carbonyl (C=O) groups is 1. The van der Waals surface area contributed by atoms with Crippen LogP contribution < -0.4 is 5.32 Å². The number of aromatic nitrogens is 1. The van der Waals surface area contributed by atoms with Crippen LogP contribution in [0, 0.1) is 5.92 Å². The van der Waals surface area contributed by atoms with E-state index in [1.807, 2.05) is 18.3 Å². The molecule has 0 radical (unpaired) electrons. The third kappa shape index (κ3) is 3.60. The van der Waals surface area contributed by atoms with E-state index >= 15 is 0 Å². The van der Waals surface area contributed by atoms with Gasteiger partial charge in [-0.2, -0.15) is 0 Å². The summed E-state index contributed by atoms with van der Waals surface area (Å²) >= 11 is 0. The molecule has 0 saturated heterocycles. The molecule has 1 saturated carbocycles. The van der Waals surface area contributed by atoms with Crippen LogP contribution in [0.5, 0.6) is 0 Å². The van der Waals surface area contributed by atoms with Crippen molar-refractivity contribution in [3.05, 3.63) is 24.0 Å². The molecule has 1 amide bonds. The fraction of sp³-hybridized carbons (Fsp3) is 0.615. The Hall–Kier alpha value is -1.29. The van der Waals surface area contributed by atoms with Crippen LogP contribution >= 0.6 is 0 Å². The minimum absolute atomic E-state index is 0.0991. The van der Waals surface area contributed by atoms with E-state index in [0.29, 0.717) is 6.54 Å². The second-order valence-electron chi connectivity index (χ2n) is 4.74. The summed E-state index contributed by atoms with van der Waals surface area (Å²) in [5.41, 5.74) is 1.14. The van der Waals surface area contributed by atoms with Crippen LogP contribution in [0.4, 0.5) is 0 Å². The molecule has 4 nitrogen and oxygen atoms in total. The molecule has 3 N–H and O–H groups in total. The number of hydrogen-bond donors (Lipinski definition) is 3. The number of aromatic amines is 1. The molecule has 0 bridgehead atoms. The van der Waals surface area contributed by atoms with E-state index in [1.54, 1.807) is 0 Å². The zero-order valence-electron chi connectivity index (χ0n) is 9.98. The van der Waals surface area contributed by atoms with Crippen molar-refractivity contribution in [2.75, 3.05) is 6.54 Å². The van der Waals surface area contributed by atoms with Crippen molar-refractivity contribution < 1.29 is 9.90 Å². The first kappa shape index (κ1) is 12.2. The molecule has 0 aliphatic heterocycles. The van der Waals surface area contributed by atoms with Crippen LogP contribution in [0.25, 0.3) is 0 Å². The highest BCUT2D eigenvalue weighted by atomic mass is 16.3. The minimum Gasteiger partial charge on any atom is -0.393 e. The topological polar surface area (TPSA) is 65.1 Å². The van der Waals surface area contributed by atoms with Crippen LogP contribution in [0.15, 0.2) is 18.3 Å². The van der Waals surface area contributed by atoms with Crippen molar-refractivity contribution in [1.29, 1.82) is 0 Å². The molecule has 0 spiro atoms. The second kappa shape index (κ2) is 5.87. The lowest BCUT2D eigenvalue weighted by Gasteiger charge is -2.24. The Kier molecular flexibility index (Phi) is 4.20. The highest BCUT2D eigenvalue weighted by Gasteiger charge is 2.24. The van der Waals surface area contributed by atoms with Crippen molar-refractivity contribution in [3.8, 4) is 0 Å². The first-order chi connectivity index (χ1) is 8.25. The van der Waals surface area contributed by atoms with Gasteiger partial charge < -0.3 is 15.4 Å². The van der Waals surface area contributed by atoms with Crippen molar-refractivity contribution in [3.63, 3.8) is 0 Å². The van der Waals surface area contributed by atoms with E-state index in [9.17, 15) is 9.90 Å². The average molecular weight is 236 g/mol. The summed E-state index contributed by atoms with van der Waals surface area (Å²) < 4.78 is 0. The Bertz CT molecular complexity index is 340. The largest absolute Gasteiger partial charge is 0.393 e. The van der Waals surface area contributed by atoms with E-state index in [1.165, 1.54) is 0 Å². The molecule has 0 unspecified atom stereocenters. The highest BCUT2D eigenvalue weighted by Crippen LogP contribution is 2.24. The summed E-state index contributed by atoms with van der Waals surface area (Å²) in [6, 6.07) is 3.98. The van der Waals surface area contributed by atoms with E-state index in [-0.39, 0.29) is 17.9 Å². The van der Waals surface area contributed by atoms with Crippen LogP contribution in [-0.4, -0.2) is 28.6 Å². The molecule has 2 rings (SSSR count). The number of aliphatic hydroxyl groups excluding tert-OH is 1. The predicted octanol–water partition coefficient (Wildman–Crippen LogP) is 1.22. The van der Waals surface area contributed by atoms with E-state index in [0.717, 1.165) is 37.8 Å². The van der Waals surface area contributed by atoms with Crippen LogP contribution in [0.2, 0.25) is 0 Å². The van der Waals surface area contributed by atoms with Gasteiger partial charge in [0, 0.05) is 30.8 Å². The van der Waals surface area contributed by atoms with Crippen molar-refractivity contribution in [1.82, 2.24) is 10.3 Å². The van der Waals surface area contributed by atoms with Gasteiger partial charge in [-0.25, -0.2) is 0 Å². The van der Waals surface area contributed by atoms with Crippen molar-refractivity contribution in [2.24, 2.45) is 5.92 Å². The van der Waals surface area contributed by atoms with Gasteiger partial charge in [0.1, 0.15) is 0 Å². The zero-order chi connectivity index (χ0) is 12.1. The van der Waals surface area contributed by atoms with Gasteiger partial charge in [0.2, 0.25) is 5.91 Å². The van der Waals surface area contributed by atoms with Crippen LogP contribution in [0.1, 0.15) is 31.4 Å². The fourth-order valence-corrected chi connectivity index (χ4v) is 2.33. The quantitative estimate of drug-likeness (QED) is 0.736.